The molecule has 104 valence electrons. The van der Waals surface area contributed by atoms with E-state index < -0.39 is 0 Å². The molecule has 2 N–H and O–H groups in total. The van der Waals surface area contributed by atoms with Gasteiger partial charge in [0, 0.05) is 6.04 Å². The summed E-state index contributed by atoms with van der Waals surface area (Å²) in [6.45, 7) is 4.71. The average Bonchev–Trinajstić information content (AvgIpc) is 2.43. The maximum absolute atomic E-state index is 11.8. The fourth-order valence-corrected chi connectivity index (χ4v) is 2.31. The lowest BCUT2D eigenvalue weighted by Gasteiger charge is -2.30. The Balaban J connectivity index is 1.67. The van der Waals surface area contributed by atoms with Crippen LogP contribution in [0, 0.1) is 5.92 Å². The van der Waals surface area contributed by atoms with E-state index >= 15 is 0 Å². The summed E-state index contributed by atoms with van der Waals surface area (Å²) < 4.78 is 5.43. The monoisotopic (exact) mass is 262 g/mol. The minimum absolute atomic E-state index is 0.0188. The molecule has 1 saturated heterocycles. The van der Waals surface area contributed by atoms with E-state index in [-0.39, 0.29) is 18.6 Å². The molecular formula is C15H22N2O2. The molecule has 0 saturated carbocycles. The summed E-state index contributed by atoms with van der Waals surface area (Å²) >= 11 is 0. The molecule has 1 fully saturated rings. The fourth-order valence-electron chi connectivity index (χ4n) is 2.31. The zero-order chi connectivity index (χ0) is 13.5. The Morgan fingerprint density at radius 3 is 2.95 bits per heavy atom. The second-order valence-corrected chi connectivity index (χ2v) is 5.12. The molecule has 0 aromatic heterocycles. The van der Waals surface area contributed by atoms with Crippen molar-refractivity contribution in [2.75, 3.05) is 19.7 Å². The number of rotatable bonds is 5. The molecule has 1 aromatic rings. The molecule has 0 aliphatic carbocycles. The number of hydrogen-bond donors (Lipinski definition) is 2. The summed E-state index contributed by atoms with van der Waals surface area (Å²) in [5.74, 6) is 0.460. The summed E-state index contributed by atoms with van der Waals surface area (Å²) in [5, 5.41) is 6.37. The predicted octanol–water partition coefficient (Wildman–Crippen LogP) is 1.32. The van der Waals surface area contributed by atoms with Gasteiger partial charge in [0.05, 0.1) is 6.61 Å². The molecule has 0 radical (unpaired) electrons. The highest BCUT2D eigenvalue weighted by atomic mass is 16.5. The standard InChI is InChI=1S/C15H22N2O2/c1-12-9-16-8-7-14(12)17-15(18)11-19-10-13-5-3-2-4-6-13/h2-6,12,14,16H,7-11H2,1H3,(H,17,18). The van der Waals surface area contributed by atoms with E-state index in [1.165, 1.54) is 0 Å². The fraction of sp³-hybridized carbons (Fsp3) is 0.533. The van der Waals surface area contributed by atoms with Crippen molar-refractivity contribution in [1.82, 2.24) is 10.6 Å². The number of amides is 1. The number of nitrogens with one attached hydrogen (secondary N) is 2. The van der Waals surface area contributed by atoms with E-state index in [0.717, 1.165) is 25.1 Å². The number of ether oxygens (including phenoxy) is 1. The minimum atomic E-state index is -0.0188. The number of benzene rings is 1. The quantitative estimate of drug-likeness (QED) is 0.841. The van der Waals surface area contributed by atoms with E-state index in [1.807, 2.05) is 30.3 Å². The molecule has 2 unspecified atom stereocenters. The zero-order valence-corrected chi connectivity index (χ0v) is 11.4. The minimum Gasteiger partial charge on any atom is -0.367 e. The molecule has 19 heavy (non-hydrogen) atoms. The Labute approximate surface area is 114 Å². The van der Waals surface area contributed by atoms with Crippen molar-refractivity contribution >= 4 is 5.91 Å². The molecular weight excluding hydrogens is 240 g/mol. The third kappa shape index (κ3) is 4.65. The number of piperidine rings is 1. The van der Waals surface area contributed by atoms with Crippen molar-refractivity contribution in [1.29, 1.82) is 0 Å². The van der Waals surface area contributed by atoms with Gasteiger partial charge in [-0.1, -0.05) is 37.3 Å². The molecule has 1 aliphatic heterocycles. The van der Waals surface area contributed by atoms with Gasteiger partial charge in [-0.2, -0.15) is 0 Å². The van der Waals surface area contributed by atoms with E-state index in [4.69, 9.17) is 4.74 Å². The van der Waals surface area contributed by atoms with Crippen molar-refractivity contribution in [2.45, 2.75) is 26.0 Å². The predicted molar refractivity (Wildman–Crippen MR) is 74.7 cm³/mol. The first-order chi connectivity index (χ1) is 9.25. The maximum Gasteiger partial charge on any atom is 0.246 e. The molecule has 2 rings (SSSR count). The van der Waals surface area contributed by atoms with E-state index in [0.29, 0.717) is 12.5 Å². The molecule has 4 nitrogen and oxygen atoms in total. The average molecular weight is 262 g/mol. The molecule has 1 heterocycles. The summed E-state index contributed by atoms with van der Waals surface area (Å²) in [7, 11) is 0. The van der Waals surface area contributed by atoms with Gasteiger partial charge in [0.1, 0.15) is 6.61 Å². The second kappa shape index (κ2) is 7.26. The summed E-state index contributed by atoms with van der Waals surface area (Å²) in [6, 6.07) is 10.2. The Hall–Kier alpha value is -1.39. The smallest absolute Gasteiger partial charge is 0.246 e. The van der Waals surface area contributed by atoms with Crippen LogP contribution in [-0.4, -0.2) is 31.6 Å². The Bertz CT molecular complexity index is 394. The third-order valence-corrected chi connectivity index (χ3v) is 3.48. The Morgan fingerprint density at radius 2 is 2.21 bits per heavy atom. The first-order valence-corrected chi connectivity index (χ1v) is 6.87. The van der Waals surface area contributed by atoms with E-state index in [1.54, 1.807) is 0 Å². The van der Waals surface area contributed by atoms with Crippen LogP contribution in [-0.2, 0) is 16.1 Å². The summed E-state index contributed by atoms with van der Waals surface area (Å²) in [5.41, 5.74) is 1.09. The molecule has 2 atom stereocenters. The summed E-state index contributed by atoms with van der Waals surface area (Å²) in [6.07, 6.45) is 0.992. The highest BCUT2D eigenvalue weighted by Crippen LogP contribution is 2.10. The topological polar surface area (TPSA) is 50.4 Å². The SMILES string of the molecule is CC1CNCCC1NC(=O)COCc1ccccc1. The summed E-state index contributed by atoms with van der Waals surface area (Å²) in [4.78, 5) is 11.8. The van der Waals surface area contributed by atoms with Crippen LogP contribution >= 0.6 is 0 Å². The van der Waals surface area contributed by atoms with Gasteiger partial charge in [0.2, 0.25) is 5.91 Å². The second-order valence-electron chi connectivity index (χ2n) is 5.12. The van der Waals surface area contributed by atoms with Crippen LogP contribution < -0.4 is 10.6 Å². The van der Waals surface area contributed by atoms with Crippen LogP contribution in [0.25, 0.3) is 0 Å². The lowest BCUT2D eigenvalue weighted by Crippen LogP contribution is -2.49. The van der Waals surface area contributed by atoms with Crippen LogP contribution in [0.15, 0.2) is 30.3 Å². The van der Waals surface area contributed by atoms with Gasteiger partial charge in [-0.05, 0) is 31.0 Å². The number of carbonyl (C=O) groups excluding carboxylic acids is 1. The van der Waals surface area contributed by atoms with Crippen molar-refractivity contribution in [3.63, 3.8) is 0 Å². The van der Waals surface area contributed by atoms with E-state index in [9.17, 15) is 4.79 Å². The van der Waals surface area contributed by atoms with Crippen molar-refractivity contribution in [3.05, 3.63) is 35.9 Å². The highest BCUT2D eigenvalue weighted by molar-refractivity contribution is 5.77. The van der Waals surface area contributed by atoms with Gasteiger partial charge in [-0.15, -0.1) is 0 Å². The van der Waals surface area contributed by atoms with Crippen LogP contribution in [0.4, 0.5) is 0 Å². The first kappa shape index (κ1) is 14.0. The molecule has 1 aliphatic rings. The molecule has 0 spiro atoms. The number of carbonyl (C=O) groups is 1. The van der Waals surface area contributed by atoms with E-state index in [2.05, 4.69) is 17.6 Å². The van der Waals surface area contributed by atoms with Gasteiger partial charge >= 0.3 is 0 Å². The maximum atomic E-state index is 11.8. The van der Waals surface area contributed by atoms with Gasteiger partial charge in [-0.25, -0.2) is 0 Å². The van der Waals surface area contributed by atoms with Crippen molar-refractivity contribution in [3.8, 4) is 0 Å². The lowest BCUT2D eigenvalue weighted by molar-refractivity contribution is -0.127. The zero-order valence-electron chi connectivity index (χ0n) is 11.4. The third-order valence-electron chi connectivity index (χ3n) is 3.48. The Kier molecular flexibility index (Phi) is 5.36. The van der Waals surface area contributed by atoms with Crippen LogP contribution in [0.5, 0.6) is 0 Å². The van der Waals surface area contributed by atoms with Crippen molar-refractivity contribution < 1.29 is 9.53 Å². The van der Waals surface area contributed by atoms with Crippen LogP contribution in [0.2, 0.25) is 0 Å². The van der Waals surface area contributed by atoms with Crippen LogP contribution in [0.3, 0.4) is 0 Å². The van der Waals surface area contributed by atoms with Crippen LogP contribution in [0.1, 0.15) is 18.9 Å². The van der Waals surface area contributed by atoms with Gasteiger partial charge in [0.15, 0.2) is 0 Å². The molecule has 0 bridgehead atoms. The Morgan fingerprint density at radius 1 is 1.42 bits per heavy atom. The number of hydrogen-bond acceptors (Lipinski definition) is 3. The molecule has 1 aromatic carbocycles. The first-order valence-electron chi connectivity index (χ1n) is 6.87. The van der Waals surface area contributed by atoms with Gasteiger partial charge in [0.25, 0.3) is 0 Å². The van der Waals surface area contributed by atoms with Gasteiger partial charge in [-0.3, -0.25) is 4.79 Å². The lowest BCUT2D eigenvalue weighted by atomic mass is 9.95. The van der Waals surface area contributed by atoms with Crippen molar-refractivity contribution in [2.24, 2.45) is 5.92 Å². The normalized spacial score (nSPS) is 23.0. The van der Waals surface area contributed by atoms with Gasteiger partial charge < -0.3 is 15.4 Å². The largest absolute Gasteiger partial charge is 0.367 e. The highest BCUT2D eigenvalue weighted by Gasteiger charge is 2.22. The molecule has 4 heteroatoms. The molecule has 1 amide bonds.